The van der Waals surface area contributed by atoms with E-state index in [0.29, 0.717) is 11.6 Å². The van der Waals surface area contributed by atoms with Gasteiger partial charge in [0.05, 0.1) is 11.9 Å². The number of hydrogen-bond acceptors (Lipinski definition) is 7. The maximum atomic E-state index is 12.9. The van der Waals surface area contributed by atoms with Gasteiger partial charge in [-0.25, -0.2) is 18.1 Å². The molecule has 0 atom stereocenters. The van der Waals surface area contributed by atoms with E-state index in [9.17, 15) is 8.42 Å². The summed E-state index contributed by atoms with van der Waals surface area (Å²) < 4.78 is 36.0. The van der Waals surface area contributed by atoms with E-state index in [1.54, 1.807) is 13.1 Å². The highest BCUT2D eigenvalue weighted by Crippen LogP contribution is 2.30. The zero-order valence-corrected chi connectivity index (χ0v) is 21.9. The van der Waals surface area contributed by atoms with Gasteiger partial charge in [-0.05, 0) is 37.0 Å². The quantitative estimate of drug-likeness (QED) is 0.361. The molecule has 0 radical (unpaired) electrons. The Hall–Kier alpha value is -3.76. The normalized spacial score (nSPS) is 14.4. The molecular weight excluding hydrogens is 488 g/mol. The molecule has 192 valence electrons. The summed E-state index contributed by atoms with van der Waals surface area (Å²) in [6.45, 7) is 6.53. The molecule has 0 saturated carbocycles. The molecule has 0 spiro atoms. The van der Waals surface area contributed by atoms with Crippen LogP contribution in [0, 0.1) is 13.8 Å². The lowest BCUT2D eigenvalue weighted by Gasteiger charge is -2.38. The van der Waals surface area contributed by atoms with E-state index in [0.717, 1.165) is 42.7 Å². The Morgan fingerprint density at radius 2 is 1.76 bits per heavy atom. The predicted molar refractivity (Wildman–Crippen MR) is 142 cm³/mol. The standard InChI is InChI=1S/C27H30N6O3S/c1-19-8-7-9-20(2)26(19)24-14-25(30-27(29-24)31-37(34,35)23-15-28-32(3)18-23)36-22-16-33(17-22)13-12-21-10-5-4-6-11-21/h4-11,14-15,18,22H,12-13,16-17H2,1-3H3,(H,29,30,31). The van der Waals surface area contributed by atoms with Gasteiger partial charge in [0.2, 0.25) is 11.8 Å². The Bertz CT molecular complexity index is 1480. The van der Waals surface area contributed by atoms with Gasteiger partial charge >= 0.3 is 0 Å². The second kappa shape index (κ2) is 10.3. The molecule has 0 amide bonds. The smallest absolute Gasteiger partial charge is 0.267 e. The van der Waals surface area contributed by atoms with E-state index < -0.39 is 10.0 Å². The SMILES string of the molecule is Cc1cccc(C)c1-c1cc(OC2CN(CCc3ccccc3)C2)nc(NS(=O)(=O)c2cnn(C)c2)n1. The van der Waals surface area contributed by atoms with E-state index in [-0.39, 0.29) is 16.9 Å². The average molecular weight is 519 g/mol. The van der Waals surface area contributed by atoms with Crippen molar-refractivity contribution in [3.05, 3.63) is 83.7 Å². The summed E-state index contributed by atoms with van der Waals surface area (Å²) in [7, 11) is -2.26. The number of ether oxygens (including phenoxy) is 1. The van der Waals surface area contributed by atoms with Gasteiger partial charge in [0.15, 0.2) is 0 Å². The summed E-state index contributed by atoms with van der Waals surface area (Å²) in [5, 5.41) is 3.96. The Labute approximate surface area is 217 Å². The van der Waals surface area contributed by atoms with Crippen molar-refractivity contribution in [3.63, 3.8) is 0 Å². The largest absolute Gasteiger partial charge is 0.471 e. The van der Waals surface area contributed by atoms with Gasteiger partial charge in [0, 0.05) is 44.5 Å². The first-order valence-corrected chi connectivity index (χ1v) is 13.7. The molecule has 0 aliphatic carbocycles. The van der Waals surface area contributed by atoms with Crippen molar-refractivity contribution in [2.75, 3.05) is 24.4 Å². The van der Waals surface area contributed by atoms with Crippen LogP contribution in [0.2, 0.25) is 0 Å². The van der Waals surface area contributed by atoms with Crippen molar-refractivity contribution < 1.29 is 13.2 Å². The summed E-state index contributed by atoms with van der Waals surface area (Å²) in [4.78, 5) is 11.3. The topological polar surface area (TPSA) is 102 Å². The first-order valence-electron chi connectivity index (χ1n) is 12.2. The summed E-state index contributed by atoms with van der Waals surface area (Å²) in [5.74, 6) is 0.295. The molecule has 0 unspecified atom stereocenters. The average Bonchev–Trinajstić information content (AvgIpc) is 3.28. The Kier molecular flexibility index (Phi) is 6.94. The molecule has 3 heterocycles. The van der Waals surface area contributed by atoms with Gasteiger partial charge in [-0.15, -0.1) is 0 Å². The van der Waals surface area contributed by atoms with Gasteiger partial charge in [-0.1, -0.05) is 48.5 Å². The Morgan fingerprint density at radius 3 is 2.43 bits per heavy atom. The molecule has 1 fully saturated rings. The lowest BCUT2D eigenvalue weighted by Crippen LogP contribution is -2.54. The van der Waals surface area contributed by atoms with Crippen molar-refractivity contribution in [2.45, 2.75) is 31.3 Å². The van der Waals surface area contributed by atoms with E-state index in [4.69, 9.17) is 4.74 Å². The summed E-state index contributed by atoms with van der Waals surface area (Å²) in [6.07, 6.45) is 3.67. The number of anilines is 1. The lowest BCUT2D eigenvalue weighted by atomic mass is 10.00. The van der Waals surface area contributed by atoms with Crippen molar-refractivity contribution in [3.8, 4) is 17.1 Å². The molecule has 5 rings (SSSR count). The van der Waals surface area contributed by atoms with E-state index in [2.05, 4.69) is 49.0 Å². The third kappa shape index (κ3) is 5.81. The Balaban J connectivity index is 1.35. The number of aryl methyl sites for hydroxylation is 3. The number of likely N-dealkylation sites (tertiary alicyclic amines) is 1. The highest BCUT2D eigenvalue weighted by atomic mass is 32.2. The highest BCUT2D eigenvalue weighted by Gasteiger charge is 2.29. The van der Waals surface area contributed by atoms with Crippen molar-refractivity contribution >= 4 is 16.0 Å². The maximum Gasteiger partial charge on any atom is 0.267 e. The van der Waals surface area contributed by atoms with Gasteiger partial charge in [0.25, 0.3) is 10.0 Å². The van der Waals surface area contributed by atoms with Crippen LogP contribution in [0.4, 0.5) is 5.95 Å². The first kappa shape index (κ1) is 24.9. The van der Waals surface area contributed by atoms with Crippen LogP contribution in [0.1, 0.15) is 16.7 Å². The number of hydrogen-bond donors (Lipinski definition) is 1. The molecular formula is C27H30N6O3S. The summed E-state index contributed by atoms with van der Waals surface area (Å²) in [6, 6.07) is 18.2. The van der Waals surface area contributed by atoms with E-state index >= 15 is 0 Å². The van der Waals surface area contributed by atoms with Crippen LogP contribution in [0.25, 0.3) is 11.3 Å². The summed E-state index contributed by atoms with van der Waals surface area (Å²) in [5.41, 5.74) is 4.90. The number of nitrogens with zero attached hydrogens (tertiary/aromatic N) is 5. The van der Waals surface area contributed by atoms with Gasteiger partial charge in [-0.2, -0.15) is 10.1 Å². The number of sulfonamides is 1. The zero-order valence-electron chi connectivity index (χ0n) is 21.1. The third-order valence-electron chi connectivity index (χ3n) is 6.43. The van der Waals surface area contributed by atoms with E-state index in [1.165, 1.54) is 22.6 Å². The van der Waals surface area contributed by atoms with Crippen LogP contribution >= 0.6 is 0 Å². The van der Waals surface area contributed by atoms with Crippen molar-refractivity contribution in [2.24, 2.45) is 7.05 Å². The van der Waals surface area contributed by atoms with Crippen LogP contribution in [0.3, 0.4) is 0 Å². The lowest BCUT2D eigenvalue weighted by molar-refractivity contribution is 0.0181. The minimum atomic E-state index is -3.91. The van der Waals surface area contributed by atoms with Crippen LogP contribution in [-0.4, -0.2) is 58.8 Å². The fourth-order valence-corrected chi connectivity index (χ4v) is 5.40. The van der Waals surface area contributed by atoms with Crippen LogP contribution in [0.5, 0.6) is 5.88 Å². The molecule has 2 aromatic heterocycles. The zero-order chi connectivity index (χ0) is 26.0. The predicted octanol–water partition coefficient (Wildman–Crippen LogP) is 3.60. The maximum absolute atomic E-state index is 12.9. The molecule has 10 heteroatoms. The number of aromatic nitrogens is 4. The summed E-state index contributed by atoms with van der Waals surface area (Å²) >= 11 is 0. The molecule has 2 aromatic carbocycles. The minimum absolute atomic E-state index is 0.0285. The van der Waals surface area contributed by atoms with Gasteiger partial charge in [0.1, 0.15) is 11.0 Å². The molecule has 1 aliphatic heterocycles. The van der Waals surface area contributed by atoms with Crippen LogP contribution in [0.15, 0.2) is 71.9 Å². The highest BCUT2D eigenvalue weighted by molar-refractivity contribution is 7.92. The van der Waals surface area contributed by atoms with Crippen LogP contribution < -0.4 is 9.46 Å². The molecule has 37 heavy (non-hydrogen) atoms. The fourth-order valence-electron chi connectivity index (χ4n) is 4.48. The van der Waals surface area contributed by atoms with Crippen molar-refractivity contribution in [1.82, 2.24) is 24.6 Å². The molecule has 1 aliphatic rings. The van der Waals surface area contributed by atoms with Crippen molar-refractivity contribution in [1.29, 1.82) is 0 Å². The molecule has 4 aromatic rings. The third-order valence-corrected chi connectivity index (χ3v) is 7.71. The van der Waals surface area contributed by atoms with E-state index in [1.807, 2.05) is 38.1 Å². The monoisotopic (exact) mass is 518 g/mol. The van der Waals surface area contributed by atoms with Gasteiger partial charge < -0.3 is 4.74 Å². The number of nitrogens with one attached hydrogen (secondary N) is 1. The first-order chi connectivity index (χ1) is 17.8. The number of benzene rings is 2. The molecule has 9 nitrogen and oxygen atoms in total. The fraction of sp³-hybridized carbons (Fsp3) is 0.296. The molecule has 1 N–H and O–H groups in total. The van der Waals surface area contributed by atoms with Crippen LogP contribution in [-0.2, 0) is 23.5 Å². The second-order valence-corrected chi connectivity index (χ2v) is 11.1. The number of rotatable bonds is 9. The minimum Gasteiger partial charge on any atom is -0.471 e. The molecule has 0 bridgehead atoms. The second-order valence-electron chi connectivity index (χ2n) is 9.37. The molecule has 1 saturated heterocycles. The van der Waals surface area contributed by atoms with Gasteiger partial charge in [-0.3, -0.25) is 9.58 Å². The Morgan fingerprint density at radius 1 is 1.03 bits per heavy atom.